The predicted molar refractivity (Wildman–Crippen MR) is 252 cm³/mol. The highest BCUT2D eigenvalue weighted by atomic mass is 16.3. The Kier molecular flexibility index (Phi) is 7.27. The van der Waals surface area contributed by atoms with E-state index in [0.717, 1.165) is 72.1 Å². The van der Waals surface area contributed by atoms with E-state index in [-0.39, 0.29) is 6.17 Å². The zero-order valence-electron chi connectivity index (χ0n) is 32.8. The fourth-order valence-corrected chi connectivity index (χ4v) is 9.53. The summed E-state index contributed by atoms with van der Waals surface area (Å²) in [5.41, 5.74) is 11.7. The number of fused-ring (bicyclic) bond motifs is 11. The van der Waals surface area contributed by atoms with Crippen molar-refractivity contribution < 1.29 is 4.42 Å². The van der Waals surface area contributed by atoms with Gasteiger partial charge < -0.3 is 18.9 Å². The molecule has 9 aromatic carbocycles. The van der Waals surface area contributed by atoms with Crippen molar-refractivity contribution in [1.29, 1.82) is 0 Å². The second kappa shape index (κ2) is 13.1. The molecule has 0 bridgehead atoms. The Balaban J connectivity index is 1.01. The minimum atomic E-state index is -0.362. The number of amidine groups is 2. The number of hydrogen-bond donors (Lipinski definition) is 1. The van der Waals surface area contributed by atoms with Gasteiger partial charge in [-0.15, -0.1) is 0 Å². The molecule has 0 saturated carbocycles. The van der Waals surface area contributed by atoms with Gasteiger partial charge >= 0.3 is 0 Å². The lowest BCUT2D eigenvalue weighted by atomic mass is 10.0. The molecule has 13 rings (SSSR count). The molecule has 0 amide bonds. The van der Waals surface area contributed by atoms with E-state index in [0.29, 0.717) is 5.84 Å². The first-order chi connectivity index (χ1) is 30.2. The first-order valence-corrected chi connectivity index (χ1v) is 20.7. The van der Waals surface area contributed by atoms with E-state index in [4.69, 9.17) is 14.4 Å². The highest BCUT2D eigenvalue weighted by Crippen LogP contribution is 2.42. The summed E-state index contributed by atoms with van der Waals surface area (Å²) < 4.78 is 11.1. The van der Waals surface area contributed by atoms with Crippen molar-refractivity contribution in [3.05, 3.63) is 217 Å². The van der Waals surface area contributed by atoms with Gasteiger partial charge in [0.05, 0.1) is 22.1 Å². The van der Waals surface area contributed by atoms with Crippen LogP contribution in [0, 0.1) is 0 Å². The number of furan rings is 1. The second-order valence-electron chi connectivity index (χ2n) is 15.8. The second-order valence-corrected chi connectivity index (χ2v) is 15.8. The van der Waals surface area contributed by atoms with Crippen LogP contribution < -0.4 is 5.32 Å². The molecule has 0 spiro atoms. The highest BCUT2D eigenvalue weighted by molar-refractivity contribution is 6.24. The van der Waals surface area contributed by atoms with Crippen molar-refractivity contribution in [2.75, 3.05) is 0 Å². The third-order valence-corrected chi connectivity index (χ3v) is 12.3. The lowest BCUT2D eigenvalue weighted by molar-refractivity contribution is 0.663. The standard InChI is InChI=1S/C55H35N5O/c1-3-13-35(14-4-1)53-56-54(58-55(57-53)37-26-30-50-46(33-37)43-19-9-12-22-49(43)61-50)36-24-23-34-25-27-40(32-38(34)31-36)60-48-21-11-8-18-42(48)45-29-28-44-41-17-7-10-20-47(41)59(51(44)52(45)60)39-15-5-2-6-16-39/h1-33,55H,(H,56,57,58). The van der Waals surface area contributed by atoms with Crippen LogP contribution in [0.25, 0.3) is 87.7 Å². The van der Waals surface area contributed by atoms with Crippen LogP contribution >= 0.6 is 0 Å². The molecule has 1 unspecified atom stereocenters. The van der Waals surface area contributed by atoms with E-state index in [2.05, 4.69) is 184 Å². The van der Waals surface area contributed by atoms with E-state index < -0.39 is 0 Å². The van der Waals surface area contributed by atoms with Crippen molar-refractivity contribution in [2.45, 2.75) is 6.17 Å². The molecule has 61 heavy (non-hydrogen) atoms. The topological polar surface area (TPSA) is 59.8 Å². The minimum Gasteiger partial charge on any atom is -0.456 e. The lowest BCUT2D eigenvalue weighted by Gasteiger charge is -2.24. The smallest absolute Gasteiger partial charge is 0.159 e. The average Bonchev–Trinajstić information content (AvgIpc) is 3.99. The molecule has 0 aliphatic carbocycles. The van der Waals surface area contributed by atoms with E-state index in [1.165, 1.54) is 38.1 Å². The number of rotatable bonds is 5. The fraction of sp³-hybridized carbons (Fsp3) is 0.0182. The van der Waals surface area contributed by atoms with E-state index >= 15 is 0 Å². The van der Waals surface area contributed by atoms with Gasteiger partial charge in [-0.1, -0.05) is 140 Å². The molecule has 3 aromatic heterocycles. The van der Waals surface area contributed by atoms with Gasteiger partial charge in [0, 0.05) is 54.8 Å². The third kappa shape index (κ3) is 5.22. The Bertz CT molecular complexity index is 3800. The summed E-state index contributed by atoms with van der Waals surface area (Å²) in [6.45, 7) is 0. The van der Waals surface area contributed by atoms with E-state index in [9.17, 15) is 0 Å². The van der Waals surface area contributed by atoms with Crippen molar-refractivity contribution in [3.8, 4) is 11.4 Å². The molecule has 6 heteroatoms. The largest absolute Gasteiger partial charge is 0.456 e. The van der Waals surface area contributed by atoms with Crippen molar-refractivity contribution >= 4 is 88.0 Å². The van der Waals surface area contributed by atoms with E-state index in [1.807, 2.05) is 30.3 Å². The molecule has 1 aliphatic rings. The number of para-hydroxylation sites is 4. The molecule has 1 N–H and O–H groups in total. The molecule has 1 aliphatic heterocycles. The molecular formula is C55H35N5O. The summed E-state index contributed by atoms with van der Waals surface area (Å²) in [6.07, 6.45) is -0.362. The summed E-state index contributed by atoms with van der Waals surface area (Å²) in [5, 5.41) is 13.0. The summed E-state index contributed by atoms with van der Waals surface area (Å²) >= 11 is 0. The van der Waals surface area contributed by atoms with Crippen LogP contribution in [0.4, 0.5) is 0 Å². The number of aromatic nitrogens is 2. The predicted octanol–water partition coefficient (Wildman–Crippen LogP) is 13.4. The summed E-state index contributed by atoms with van der Waals surface area (Å²) in [5.74, 6) is 1.46. The zero-order valence-corrected chi connectivity index (χ0v) is 32.8. The first kappa shape index (κ1) is 33.7. The van der Waals surface area contributed by atoms with Gasteiger partial charge in [-0.25, -0.2) is 9.98 Å². The zero-order chi connectivity index (χ0) is 40.0. The Morgan fingerprint density at radius 3 is 1.80 bits per heavy atom. The Morgan fingerprint density at radius 1 is 0.426 bits per heavy atom. The van der Waals surface area contributed by atoms with Gasteiger partial charge in [0.15, 0.2) is 5.84 Å². The van der Waals surface area contributed by atoms with Crippen LogP contribution in [-0.2, 0) is 0 Å². The average molecular weight is 782 g/mol. The van der Waals surface area contributed by atoms with Crippen LogP contribution in [0.5, 0.6) is 0 Å². The van der Waals surface area contributed by atoms with Crippen molar-refractivity contribution in [1.82, 2.24) is 14.5 Å². The van der Waals surface area contributed by atoms with Gasteiger partial charge in [-0.05, 0) is 77.0 Å². The van der Waals surface area contributed by atoms with Crippen molar-refractivity contribution in [2.24, 2.45) is 9.98 Å². The first-order valence-electron chi connectivity index (χ1n) is 20.7. The molecule has 0 saturated heterocycles. The molecule has 286 valence electrons. The maximum atomic E-state index is 6.18. The van der Waals surface area contributed by atoms with Gasteiger partial charge in [0.1, 0.15) is 23.2 Å². The number of aliphatic imine (C=N–C) groups is 2. The van der Waals surface area contributed by atoms with Gasteiger partial charge in [0.25, 0.3) is 0 Å². The fourth-order valence-electron chi connectivity index (χ4n) is 9.53. The Hall–Kier alpha value is -8.22. The molecule has 6 nitrogen and oxygen atoms in total. The van der Waals surface area contributed by atoms with Gasteiger partial charge in [-0.3, -0.25) is 0 Å². The normalized spacial score (nSPS) is 14.4. The van der Waals surface area contributed by atoms with Crippen LogP contribution in [0.1, 0.15) is 22.9 Å². The van der Waals surface area contributed by atoms with Crippen LogP contribution in [0.3, 0.4) is 0 Å². The van der Waals surface area contributed by atoms with E-state index in [1.54, 1.807) is 0 Å². The molecular weight excluding hydrogens is 747 g/mol. The van der Waals surface area contributed by atoms with Gasteiger partial charge in [-0.2, -0.15) is 0 Å². The molecule has 4 heterocycles. The minimum absolute atomic E-state index is 0.362. The lowest BCUT2D eigenvalue weighted by Crippen LogP contribution is -2.33. The maximum Gasteiger partial charge on any atom is 0.159 e. The SMILES string of the molecule is c1ccc(C2=NC(c3ccc4ccc(-n5c6ccccc6c6ccc7c8ccccc8n(-c8ccccc8)c7c65)cc4c3)=NC(c3ccc4oc5ccccc5c4c3)N2)cc1. The maximum absolute atomic E-state index is 6.18. The summed E-state index contributed by atoms with van der Waals surface area (Å²) in [4.78, 5) is 10.5. The summed E-state index contributed by atoms with van der Waals surface area (Å²) in [6, 6.07) is 71.0. The summed E-state index contributed by atoms with van der Waals surface area (Å²) in [7, 11) is 0. The number of hydrogen-bond acceptors (Lipinski definition) is 4. The molecule has 12 aromatic rings. The monoisotopic (exact) mass is 781 g/mol. The van der Waals surface area contributed by atoms with Crippen LogP contribution in [0.2, 0.25) is 0 Å². The van der Waals surface area contributed by atoms with Crippen LogP contribution in [0.15, 0.2) is 215 Å². The Morgan fingerprint density at radius 2 is 1.05 bits per heavy atom. The number of benzene rings is 9. The highest BCUT2D eigenvalue weighted by Gasteiger charge is 2.24. The molecule has 1 atom stereocenters. The Labute approximate surface area is 349 Å². The third-order valence-electron chi connectivity index (χ3n) is 12.3. The molecule has 0 fully saturated rings. The van der Waals surface area contributed by atoms with Crippen molar-refractivity contribution in [3.63, 3.8) is 0 Å². The van der Waals surface area contributed by atoms with Gasteiger partial charge in [0.2, 0.25) is 0 Å². The number of nitrogens with one attached hydrogen (secondary N) is 1. The quantitative estimate of drug-likeness (QED) is 0.189. The molecule has 0 radical (unpaired) electrons. The van der Waals surface area contributed by atoms with Crippen LogP contribution in [-0.4, -0.2) is 20.8 Å². The number of nitrogens with zero attached hydrogens (tertiary/aromatic N) is 4.